The Hall–Kier alpha value is -0.940. The van der Waals surface area contributed by atoms with Gasteiger partial charge in [-0.25, -0.2) is 9.78 Å². The lowest BCUT2D eigenvalue weighted by atomic mass is 10.0. The first-order valence-electron chi connectivity index (χ1n) is 4.97. The molecule has 1 aliphatic heterocycles. The number of hydrogen-bond acceptors (Lipinski definition) is 4. The molecule has 82 valence electrons. The van der Waals surface area contributed by atoms with Gasteiger partial charge in [0.2, 0.25) is 0 Å². The lowest BCUT2D eigenvalue weighted by Crippen LogP contribution is -2.15. The molecule has 4 nitrogen and oxygen atoms in total. The van der Waals surface area contributed by atoms with Gasteiger partial charge in [-0.15, -0.1) is 11.3 Å². The van der Waals surface area contributed by atoms with Crippen molar-refractivity contribution in [3.8, 4) is 0 Å². The summed E-state index contributed by atoms with van der Waals surface area (Å²) >= 11 is 1.28. The van der Waals surface area contributed by atoms with Crippen molar-refractivity contribution in [3.63, 3.8) is 0 Å². The predicted molar refractivity (Wildman–Crippen MR) is 56.6 cm³/mol. The largest absolute Gasteiger partial charge is 0.477 e. The molecule has 0 radical (unpaired) electrons. The van der Waals surface area contributed by atoms with Gasteiger partial charge in [-0.2, -0.15) is 0 Å². The first-order chi connectivity index (χ1) is 7.18. The maximum absolute atomic E-state index is 10.9. The van der Waals surface area contributed by atoms with Gasteiger partial charge in [0.15, 0.2) is 0 Å². The third kappa shape index (κ3) is 2.18. The molecular formula is C10H13NO3S. The zero-order chi connectivity index (χ0) is 10.8. The summed E-state index contributed by atoms with van der Waals surface area (Å²) in [6.45, 7) is 3.23. The van der Waals surface area contributed by atoms with Crippen molar-refractivity contribution < 1.29 is 14.6 Å². The molecule has 15 heavy (non-hydrogen) atoms. The average molecular weight is 227 g/mol. The van der Waals surface area contributed by atoms with Crippen molar-refractivity contribution in [1.82, 2.24) is 4.98 Å². The van der Waals surface area contributed by atoms with E-state index in [0.29, 0.717) is 17.2 Å². The average Bonchev–Trinajstić information content (AvgIpc) is 2.62. The quantitative estimate of drug-likeness (QED) is 0.840. The van der Waals surface area contributed by atoms with Crippen molar-refractivity contribution in [1.29, 1.82) is 0 Å². The van der Waals surface area contributed by atoms with Crippen molar-refractivity contribution in [2.75, 3.05) is 13.2 Å². The molecule has 1 aromatic rings. The highest BCUT2D eigenvalue weighted by Gasteiger charge is 2.22. The van der Waals surface area contributed by atoms with E-state index in [0.717, 1.165) is 24.5 Å². The molecule has 1 aromatic heterocycles. The fourth-order valence-corrected chi connectivity index (χ4v) is 2.75. The van der Waals surface area contributed by atoms with Crippen LogP contribution in [0.15, 0.2) is 0 Å². The summed E-state index contributed by atoms with van der Waals surface area (Å²) in [4.78, 5) is 15.5. The van der Waals surface area contributed by atoms with E-state index in [1.165, 1.54) is 11.3 Å². The lowest BCUT2D eigenvalue weighted by molar-refractivity contribution is 0.0701. The molecule has 0 aliphatic carbocycles. The Bertz CT molecular complexity index is 369. The monoisotopic (exact) mass is 227 g/mol. The molecule has 1 N–H and O–H groups in total. The van der Waals surface area contributed by atoms with Gasteiger partial charge in [-0.05, 0) is 19.8 Å². The number of ether oxygens (including phenoxy) is 1. The molecule has 1 aliphatic rings. The second kappa shape index (κ2) is 4.28. The van der Waals surface area contributed by atoms with Gasteiger partial charge in [0, 0.05) is 12.5 Å². The molecule has 1 atom stereocenters. The molecule has 0 spiro atoms. The van der Waals surface area contributed by atoms with Gasteiger partial charge in [-0.1, -0.05) is 0 Å². The third-order valence-electron chi connectivity index (χ3n) is 2.52. The molecule has 0 amide bonds. The van der Waals surface area contributed by atoms with Crippen molar-refractivity contribution >= 4 is 17.3 Å². The summed E-state index contributed by atoms with van der Waals surface area (Å²) < 4.78 is 5.37. The maximum atomic E-state index is 10.9. The van der Waals surface area contributed by atoms with Crippen LogP contribution in [-0.2, 0) is 4.74 Å². The highest BCUT2D eigenvalue weighted by atomic mass is 32.1. The van der Waals surface area contributed by atoms with E-state index in [1.54, 1.807) is 6.92 Å². The second-order valence-corrected chi connectivity index (χ2v) is 4.72. The third-order valence-corrected chi connectivity index (χ3v) is 3.82. The number of nitrogens with zero attached hydrogens (tertiary/aromatic N) is 1. The Balaban J connectivity index is 2.21. The van der Waals surface area contributed by atoms with Crippen LogP contribution in [0.1, 0.15) is 39.1 Å². The van der Waals surface area contributed by atoms with Crippen LogP contribution in [0.5, 0.6) is 0 Å². The standard InChI is InChI=1S/C10H13NO3S/c1-6-8(10(12)13)15-9(11-6)7-3-2-4-14-5-7/h7H,2-5H2,1H3,(H,12,13)/t7-/m1/s1. The Morgan fingerprint density at radius 2 is 2.47 bits per heavy atom. The highest BCUT2D eigenvalue weighted by Crippen LogP contribution is 2.30. The minimum atomic E-state index is -0.882. The zero-order valence-electron chi connectivity index (χ0n) is 8.52. The van der Waals surface area contributed by atoms with Gasteiger partial charge in [0.25, 0.3) is 0 Å². The van der Waals surface area contributed by atoms with E-state index in [-0.39, 0.29) is 5.92 Å². The molecule has 0 saturated carbocycles. The van der Waals surface area contributed by atoms with E-state index in [4.69, 9.17) is 9.84 Å². The summed E-state index contributed by atoms with van der Waals surface area (Å²) in [6.07, 6.45) is 2.08. The molecule has 1 saturated heterocycles. The van der Waals surface area contributed by atoms with E-state index in [1.807, 2.05) is 0 Å². The fourth-order valence-electron chi connectivity index (χ4n) is 1.73. The molecule has 0 bridgehead atoms. The zero-order valence-corrected chi connectivity index (χ0v) is 9.34. The molecule has 2 heterocycles. The van der Waals surface area contributed by atoms with Crippen molar-refractivity contribution in [2.45, 2.75) is 25.7 Å². The van der Waals surface area contributed by atoms with Crippen LogP contribution in [0, 0.1) is 6.92 Å². The van der Waals surface area contributed by atoms with Gasteiger partial charge < -0.3 is 9.84 Å². The second-order valence-electron chi connectivity index (χ2n) is 3.69. The molecular weight excluding hydrogens is 214 g/mol. The minimum absolute atomic E-state index is 0.288. The Kier molecular flexibility index (Phi) is 3.02. The van der Waals surface area contributed by atoms with E-state index >= 15 is 0 Å². The first kappa shape index (κ1) is 10.6. The van der Waals surface area contributed by atoms with Crippen LogP contribution in [-0.4, -0.2) is 29.3 Å². The van der Waals surface area contributed by atoms with E-state index < -0.39 is 5.97 Å². The number of carbonyl (C=O) groups is 1. The Morgan fingerprint density at radius 3 is 3.00 bits per heavy atom. The minimum Gasteiger partial charge on any atom is -0.477 e. The van der Waals surface area contributed by atoms with Gasteiger partial charge >= 0.3 is 5.97 Å². The molecule has 2 rings (SSSR count). The number of thiazole rings is 1. The number of aromatic carboxylic acids is 1. The number of carboxylic acid groups (broad SMARTS) is 1. The summed E-state index contributed by atoms with van der Waals surface area (Å²) in [5, 5.41) is 9.82. The smallest absolute Gasteiger partial charge is 0.347 e. The molecule has 5 heteroatoms. The number of aromatic nitrogens is 1. The van der Waals surface area contributed by atoms with Gasteiger partial charge in [0.1, 0.15) is 4.88 Å². The number of carboxylic acids is 1. The van der Waals surface area contributed by atoms with Crippen LogP contribution in [0.3, 0.4) is 0 Å². The topological polar surface area (TPSA) is 59.4 Å². The molecule has 1 fully saturated rings. The predicted octanol–water partition coefficient (Wildman–Crippen LogP) is 2.04. The lowest BCUT2D eigenvalue weighted by Gasteiger charge is -2.19. The molecule has 0 unspecified atom stereocenters. The van der Waals surface area contributed by atoms with Gasteiger partial charge in [-0.3, -0.25) is 0 Å². The highest BCUT2D eigenvalue weighted by molar-refractivity contribution is 7.13. The number of aryl methyl sites for hydroxylation is 1. The van der Waals surface area contributed by atoms with E-state index in [9.17, 15) is 4.79 Å². The molecule has 0 aromatic carbocycles. The first-order valence-corrected chi connectivity index (χ1v) is 5.78. The number of hydrogen-bond donors (Lipinski definition) is 1. The SMILES string of the molecule is Cc1nc([C@@H]2CCCOC2)sc1C(=O)O. The fraction of sp³-hybridized carbons (Fsp3) is 0.600. The summed E-state index contributed by atoms with van der Waals surface area (Å²) in [5.74, 6) is -0.594. The normalized spacial score (nSPS) is 21.5. The Morgan fingerprint density at radius 1 is 1.67 bits per heavy atom. The number of rotatable bonds is 2. The van der Waals surface area contributed by atoms with Crippen molar-refractivity contribution in [2.24, 2.45) is 0 Å². The van der Waals surface area contributed by atoms with Crippen LogP contribution < -0.4 is 0 Å². The summed E-state index contributed by atoms with van der Waals surface area (Å²) in [7, 11) is 0. The Labute approximate surface area is 91.9 Å². The summed E-state index contributed by atoms with van der Waals surface area (Å²) in [6, 6.07) is 0. The van der Waals surface area contributed by atoms with Crippen LogP contribution in [0.2, 0.25) is 0 Å². The van der Waals surface area contributed by atoms with E-state index in [2.05, 4.69) is 4.98 Å². The van der Waals surface area contributed by atoms with Crippen LogP contribution in [0.25, 0.3) is 0 Å². The van der Waals surface area contributed by atoms with Crippen LogP contribution >= 0.6 is 11.3 Å². The summed E-state index contributed by atoms with van der Waals surface area (Å²) in [5.41, 5.74) is 0.619. The van der Waals surface area contributed by atoms with Crippen molar-refractivity contribution in [3.05, 3.63) is 15.6 Å². The van der Waals surface area contributed by atoms with Gasteiger partial charge in [0.05, 0.1) is 17.3 Å². The maximum Gasteiger partial charge on any atom is 0.347 e. The van der Waals surface area contributed by atoms with Crippen LogP contribution in [0.4, 0.5) is 0 Å².